The van der Waals surface area contributed by atoms with Crippen LogP contribution in [0.25, 0.3) is 0 Å². The second kappa shape index (κ2) is 5.72. The first-order valence-electron chi connectivity index (χ1n) is 5.00. The van der Waals surface area contributed by atoms with Gasteiger partial charge >= 0.3 is 0 Å². The molecule has 0 aliphatic rings. The first kappa shape index (κ1) is 13.4. The van der Waals surface area contributed by atoms with Gasteiger partial charge in [-0.1, -0.05) is 35.3 Å². The molecule has 1 aromatic heterocycles. The van der Waals surface area contributed by atoms with Crippen molar-refractivity contribution in [3.05, 3.63) is 54.6 Å². The van der Waals surface area contributed by atoms with Crippen LogP contribution >= 0.6 is 50.5 Å². The Bertz CT molecular complexity index is 527. The van der Waals surface area contributed by atoms with Crippen molar-refractivity contribution in [3.8, 4) is 0 Å². The lowest BCUT2D eigenvalue weighted by Crippen LogP contribution is -2.12. The Morgan fingerprint density at radius 1 is 1.35 bits per heavy atom. The van der Waals surface area contributed by atoms with Gasteiger partial charge in [0.1, 0.15) is 0 Å². The van der Waals surface area contributed by atoms with Gasteiger partial charge in [-0.25, -0.2) is 0 Å². The Balaban J connectivity index is 2.18. The summed E-state index contributed by atoms with van der Waals surface area (Å²) in [6.07, 6.45) is 0.687. The van der Waals surface area contributed by atoms with Crippen molar-refractivity contribution < 1.29 is 0 Å². The fraction of sp³-hybridized carbons (Fsp3) is 0.167. The maximum absolute atomic E-state index is 6.15. The van der Waals surface area contributed by atoms with Gasteiger partial charge in [0.25, 0.3) is 0 Å². The van der Waals surface area contributed by atoms with Gasteiger partial charge in [0.15, 0.2) is 0 Å². The zero-order valence-electron chi connectivity index (χ0n) is 8.79. The van der Waals surface area contributed by atoms with E-state index in [1.54, 1.807) is 17.4 Å². The Hall–Kier alpha value is -0.0600. The molecular formula is C12H10BrCl2NS. The summed E-state index contributed by atoms with van der Waals surface area (Å²) in [4.78, 5) is 1.13. The van der Waals surface area contributed by atoms with E-state index in [9.17, 15) is 0 Å². The quantitative estimate of drug-likeness (QED) is 0.822. The molecule has 1 atom stereocenters. The van der Waals surface area contributed by atoms with Crippen molar-refractivity contribution in [3.63, 3.8) is 0 Å². The molecular weight excluding hydrogens is 341 g/mol. The van der Waals surface area contributed by atoms with Crippen LogP contribution in [0.15, 0.2) is 34.1 Å². The summed E-state index contributed by atoms with van der Waals surface area (Å²) in [7, 11) is 0. The molecule has 2 aromatic rings. The SMILES string of the molecule is NC(Cc1cccc(Cl)c1Cl)c1cc(Br)cs1. The molecule has 2 rings (SSSR count). The highest BCUT2D eigenvalue weighted by Gasteiger charge is 2.12. The van der Waals surface area contributed by atoms with Gasteiger partial charge in [0, 0.05) is 20.8 Å². The summed E-state index contributed by atoms with van der Waals surface area (Å²) < 4.78 is 1.06. The number of halogens is 3. The molecule has 5 heteroatoms. The summed E-state index contributed by atoms with van der Waals surface area (Å²) in [5, 5.41) is 3.19. The average Bonchev–Trinajstić information content (AvgIpc) is 2.72. The highest BCUT2D eigenvalue weighted by Crippen LogP contribution is 2.31. The minimum Gasteiger partial charge on any atom is -0.323 e. The van der Waals surface area contributed by atoms with Gasteiger partial charge in [0.05, 0.1) is 10.0 Å². The zero-order valence-corrected chi connectivity index (χ0v) is 12.7. The number of benzene rings is 1. The molecule has 1 heterocycles. The molecule has 90 valence electrons. The fourth-order valence-electron chi connectivity index (χ4n) is 1.57. The van der Waals surface area contributed by atoms with Gasteiger partial charge < -0.3 is 5.73 Å². The van der Waals surface area contributed by atoms with Crippen molar-refractivity contribution in [2.75, 3.05) is 0 Å². The standard InChI is InChI=1S/C12H10BrCl2NS/c13-8-5-11(17-6-8)10(16)4-7-2-1-3-9(14)12(7)15/h1-3,5-6,10H,4,16H2. The molecule has 1 aromatic carbocycles. The van der Waals surface area contributed by atoms with Crippen LogP contribution in [-0.4, -0.2) is 0 Å². The molecule has 1 nitrogen and oxygen atoms in total. The number of nitrogens with two attached hydrogens (primary N) is 1. The topological polar surface area (TPSA) is 26.0 Å². The van der Waals surface area contributed by atoms with E-state index in [1.807, 2.05) is 23.6 Å². The van der Waals surface area contributed by atoms with E-state index in [0.717, 1.165) is 14.9 Å². The van der Waals surface area contributed by atoms with E-state index < -0.39 is 0 Å². The van der Waals surface area contributed by atoms with Crippen LogP contribution in [0.5, 0.6) is 0 Å². The molecule has 0 bridgehead atoms. The Morgan fingerprint density at radius 3 is 2.76 bits per heavy atom. The lowest BCUT2D eigenvalue weighted by Gasteiger charge is -2.11. The van der Waals surface area contributed by atoms with Crippen molar-refractivity contribution in [2.24, 2.45) is 5.73 Å². The van der Waals surface area contributed by atoms with Crippen LogP contribution in [0.3, 0.4) is 0 Å². The molecule has 0 saturated heterocycles. The van der Waals surface area contributed by atoms with Crippen molar-refractivity contribution in [2.45, 2.75) is 12.5 Å². The van der Waals surface area contributed by atoms with E-state index in [2.05, 4.69) is 15.9 Å². The normalized spacial score (nSPS) is 12.7. The van der Waals surface area contributed by atoms with Crippen LogP contribution in [0.1, 0.15) is 16.5 Å². The van der Waals surface area contributed by atoms with Crippen molar-refractivity contribution in [1.29, 1.82) is 0 Å². The monoisotopic (exact) mass is 349 g/mol. The van der Waals surface area contributed by atoms with Gasteiger partial charge in [-0.05, 0) is 40.0 Å². The van der Waals surface area contributed by atoms with Crippen LogP contribution < -0.4 is 5.73 Å². The number of hydrogen-bond acceptors (Lipinski definition) is 2. The third-order valence-corrected chi connectivity index (χ3v) is 5.11. The average molecular weight is 351 g/mol. The van der Waals surface area contributed by atoms with Gasteiger partial charge in [-0.15, -0.1) is 11.3 Å². The highest BCUT2D eigenvalue weighted by molar-refractivity contribution is 9.10. The number of hydrogen-bond donors (Lipinski definition) is 1. The van der Waals surface area contributed by atoms with Crippen LogP contribution in [0, 0.1) is 0 Å². The lowest BCUT2D eigenvalue weighted by molar-refractivity contribution is 0.736. The minimum atomic E-state index is -0.0535. The molecule has 0 aliphatic heterocycles. The third kappa shape index (κ3) is 3.24. The van der Waals surface area contributed by atoms with Crippen LogP contribution in [-0.2, 0) is 6.42 Å². The van der Waals surface area contributed by atoms with Gasteiger partial charge in [-0.2, -0.15) is 0 Å². The maximum Gasteiger partial charge on any atom is 0.0624 e. The summed E-state index contributed by atoms with van der Waals surface area (Å²) in [6.45, 7) is 0. The van der Waals surface area contributed by atoms with E-state index in [1.165, 1.54) is 0 Å². The zero-order chi connectivity index (χ0) is 12.4. The largest absolute Gasteiger partial charge is 0.323 e. The second-order valence-corrected chi connectivity index (χ2v) is 6.33. The molecule has 2 N–H and O–H groups in total. The fourth-order valence-corrected chi connectivity index (χ4v) is 3.41. The Morgan fingerprint density at radius 2 is 2.12 bits per heavy atom. The summed E-state index contributed by atoms with van der Waals surface area (Å²) in [6, 6.07) is 7.61. The highest BCUT2D eigenvalue weighted by atomic mass is 79.9. The van der Waals surface area contributed by atoms with Gasteiger partial charge in [0.2, 0.25) is 0 Å². The molecule has 0 radical (unpaired) electrons. The minimum absolute atomic E-state index is 0.0535. The predicted octanol–water partition coefficient (Wildman–Crippen LogP) is 5.06. The van der Waals surface area contributed by atoms with E-state index >= 15 is 0 Å². The molecule has 0 spiro atoms. The van der Waals surface area contributed by atoms with Gasteiger partial charge in [-0.3, -0.25) is 0 Å². The lowest BCUT2D eigenvalue weighted by atomic mass is 10.1. The molecule has 0 amide bonds. The van der Waals surface area contributed by atoms with Crippen LogP contribution in [0.2, 0.25) is 10.0 Å². The molecule has 0 aliphatic carbocycles. The number of rotatable bonds is 3. The van der Waals surface area contributed by atoms with E-state index in [0.29, 0.717) is 16.5 Å². The maximum atomic E-state index is 6.15. The van der Waals surface area contributed by atoms with Crippen LogP contribution in [0.4, 0.5) is 0 Å². The van der Waals surface area contributed by atoms with E-state index in [-0.39, 0.29) is 6.04 Å². The first-order chi connectivity index (χ1) is 8.08. The third-order valence-electron chi connectivity index (χ3n) is 2.42. The predicted molar refractivity (Wildman–Crippen MR) is 79.1 cm³/mol. The first-order valence-corrected chi connectivity index (χ1v) is 7.43. The molecule has 17 heavy (non-hydrogen) atoms. The summed E-state index contributed by atoms with van der Waals surface area (Å²) in [5.41, 5.74) is 7.13. The summed E-state index contributed by atoms with van der Waals surface area (Å²) >= 11 is 17.2. The van der Waals surface area contributed by atoms with Crippen molar-refractivity contribution >= 4 is 50.5 Å². The molecule has 0 fully saturated rings. The number of thiophene rings is 1. The summed E-state index contributed by atoms with van der Waals surface area (Å²) in [5.74, 6) is 0. The molecule has 0 saturated carbocycles. The Labute approximate surface area is 123 Å². The Kier molecular flexibility index (Phi) is 4.50. The smallest absolute Gasteiger partial charge is 0.0624 e. The second-order valence-electron chi connectivity index (χ2n) is 3.69. The molecule has 1 unspecified atom stereocenters. The van der Waals surface area contributed by atoms with E-state index in [4.69, 9.17) is 28.9 Å². The van der Waals surface area contributed by atoms with Crippen molar-refractivity contribution in [1.82, 2.24) is 0 Å².